The zero-order valence-corrected chi connectivity index (χ0v) is 15.3. The number of imidazole rings is 1. The van der Waals surface area contributed by atoms with Crippen molar-refractivity contribution in [1.29, 1.82) is 0 Å². The molecule has 4 rings (SSSR count). The standard InChI is InChI=1S/C18H19N5O6/c1-9(25)18(23-8-20-12-14(23)21-16(19)22-15(12)27)17(28,10-5-3-2-4-6-10)13(26)11(7-24)29-18/h2-6,8,11,13,24,26,28H,7H2,1H3,(H3,19,21,22,27)/t11-,13-,17-,18-/m1/s1. The molecule has 0 bridgehead atoms. The Labute approximate surface area is 163 Å². The summed E-state index contributed by atoms with van der Waals surface area (Å²) in [5, 5.41) is 32.4. The molecule has 0 spiro atoms. The number of nitrogens with zero attached hydrogens (tertiary/aromatic N) is 3. The number of aromatic amines is 1. The van der Waals surface area contributed by atoms with E-state index in [0.29, 0.717) is 0 Å². The van der Waals surface area contributed by atoms with E-state index in [0.717, 1.165) is 17.8 Å². The SMILES string of the molecule is CC(=O)[C@@]1(n2cnc3c(=O)[nH]c(N)nc32)O[C@H](CO)[C@@H](O)[C@]1(O)c1ccccc1. The van der Waals surface area contributed by atoms with Crippen LogP contribution in [-0.4, -0.2) is 59.4 Å². The number of Topliss-reactive ketones (excluding diaryl/α,β-unsaturated/α-hetero) is 1. The number of hydrogen-bond donors (Lipinski definition) is 5. The number of ether oxygens (including phenoxy) is 1. The lowest BCUT2D eigenvalue weighted by molar-refractivity contribution is -0.201. The molecule has 29 heavy (non-hydrogen) atoms. The average Bonchev–Trinajstić information content (AvgIpc) is 3.22. The summed E-state index contributed by atoms with van der Waals surface area (Å²) in [7, 11) is 0. The smallest absolute Gasteiger partial charge is 0.280 e. The molecule has 1 fully saturated rings. The van der Waals surface area contributed by atoms with Crippen LogP contribution in [0.15, 0.2) is 41.5 Å². The maximum atomic E-state index is 13.0. The summed E-state index contributed by atoms with van der Waals surface area (Å²) < 4.78 is 6.88. The lowest BCUT2D eigenvalue weighted by atomic mass is 9.77. The van der Waals surface area contributed by atoms with E-state index in [1.807, 2.05) is 0 Å². The lowest BCUT2D eigenvalue weighted by Gasteiger charge is -2.40. The third kappa shape index (κ3) is 2.39. The van der Waals surface area contributed by atoms with Crippen molar-refractivity contribution in [3.8, 4) is 0 Å². The molecule has 6 N–H and O–H groups in total. The molecule has 152 valence electrons. The average molecular weight is 401 g/mol. The fraction of sp³-hybridized carbons (Fsp3) is 0.333. The van der Waals surface area contributed by atoms with Crippen molar-refractivity contribution in [3.05, 3.63) is 52.6 Å². The lowest BCUT2D eigenvalue weighted by Crippen LogP contribution is -2.59. The monoisotopic (exact) mass is 401 g/mol. The summed E-state index contributed by atoms with van der Waals surface area (Å²) >= 11 is 0. The number of rotatable bonds is 4. The molecule has 0 radical (unpaired) electrons. The zero-order chi connectivity index (χ0) is 21.0. The molecule has 1 aliphatic heterocycles. The number of anilines is 1. The Bertz CT molecular complexity index is 1140. The number of benzene rings is 1. The minimum atomic E-state index is -2.33. The van der Waals surface area contributed by atoms with Crippen molar-refractivity contribution >= 4 is 22.9 Å². The third-order valence-corrected chi connectivity index (χ3v) is 5.25. The highest BCUT2D eigenvalue weighted by molar-refractivity contribution is 5.87. The Morgan fingerprint density at radius 2 is 2.07 bits per heavy atom. The van der Waals surface area contributed by atoms with Crippen LogP contribution in [-0.2, 0) is 20.9 Å². The van der Waals surface area contributed by atoms with E-state index in [2.05, 4.69) is 15.0 Å². The van der Waals surface area contributed by atoms with Crippen LogP contribution in [0.4, 0.5) is 5.95 Å². The van der Waals surface area contributed by atoms with Gasteiger partial charge in [0.1, 0.15) is 18.5 Å². The molecule has 11 nitrogen and oxygen atoms in total. The zero-order valence-electron chi connectivity index (χ0n) is 15.3. The van der Waals surface area contributed by atoms with Gasteiger partial charge in [-0.05, 0) is 12.5 Å². The maximum absolute atomic E-state index is 13.0. The van der Waals surface area contributed by atoms with E-state index in [9.17, 15) is 24.9 Å². The fourth-order valence-electron chi connectivity index (χ4n) is 3.96. The van der Waals surface area contributed by atoms with E-state index in [4.69, 9.17) is 10.5 Å². The minimum absolute atomic E-state index is 0.124. The van der Waals surface area contributed by atoms with Crippen LogP contribution in [0.1, 0.15) is 12.5 Å². The Balaban J connectivity index is 2.11. The van der Waals surface area contributed by atoms with Crippen LogP contribution in [0.3, 0.4) is 0 Å². The van der Waals surface area contributed by atoms with Crippen molar-refractivity contribution in [3.63, 3.8) is 0 Å². The van der Waals surface area contributed by atoms with Crippen LogP contribution < -0.4 is 11.3 Å². The molecule has 2 aromatic heterocycles. The number of aliphatic hydroxyl groups excluding tert-OH is 2. The van der Waals surface area contributed by atoms with Crippen LogP contribution in [0.5, 0.6) is 0 Å². The molecule has 0 saturated carbocycles. The summed E-state index contributed by atoms with van der Waals surface area (Å²) in [6.07, 6.45) is -1.88. The summed E-state index contributed by atoms with van der Waals surface area (Å²) in [6.45, 7) is 0.483. The topological polar surface area (TPSA) is 177 Å². The fourth-order valence-corrected chi connectivity index (χ4v) is 3.96. The quantitative estimate of drug-likeness (QED) is 0.351. The number of nitrogens with two attached hydrogens (primary N) is 1. The van der Waals surface area contributed by atoms with Crippen molar-refractivity contribution in [2.24, 2.45) is 0 Å². The Morgan fingerprint density at radius 3 is 2.69 bits per heavy atom. The van der Waals surface area contributed by atoms with Gasteiger partial charge in [-0.1, -0.05) is 30.3 Å². The first kappa shape index (κ1) is 19.2. The number of carbonyl (C=O) groups excluding carboxylic acids is 1. The number of H-pyrrole nitrogens is 1. The van der Waals surface area contributed by atoms with Crippen LogP contribution >= 0.6 is 0 Å². The van der Waals surface area contributed by atoms with Gasteiger partial charge in [-0.15, -0.1) is 0 Å². The first-order valence-electron chi connectivity index (χ1n) is 8.76. The second-order valence-electron chi connectivity index (χ2n) is 6.85. The molecular formula is C18H19N5O6. The van der Waals surface area contributed by atoms with Gasteiger partial charge in [0.2, 0.25) is 11.7 Å². The number of hydrogen-bond acceptors (Lipinski definition) is 9. The van der Waals surface area contributed by atoms with Gasteiger partial charge in [-0.2, -0.15) is 4.98 Å². The van der Waals surface area contributed by atoms with Crippen molar-refractivity contribution in [1.82, 2.24) is 19.5 Å². The molecule has 1 saturated heterocycles. The minimum Gasteiger partial charge on any atom is -0.394 e. The summed E-state index contributed by atoms with van der Waals surface area (Å²) in [5.41, 5.74) is 0.293. The van der Waals surface area contributed by atoms with Crippen LogP contribution in [0, 0.1) is 0 Å². The molecule has 11 heteroatoms. The number of nitrogen functional groups attached to an aromatic ring is 1. The number of aromatic nitrogens is 4. The predicted molar refractivity (Wildman–Crippen MR) is 99.5 cm³/mol. The molecular weight excluding hydrogens is 382 g/mol. The van der Waals surface area contributed by atoms with E-state index < -0.39 is 41.5 Å². The van der Waals surface area contributed by atoms with Gasteiger partial charge in [0.25, 0.3) is 5.56 Å². The largest absolute Gasteiger partial charge is 0.394 e. The number of ketones is 1. The Hall–Kier alpha value is -3.12. The molecule has 0 aliphatic carbocycles. The molecule has 3 heterocycles. The highest BCUT2D eigenvalue weighted by Gasteiger charge is 2.70. The Morgan fingerprint density at radius 1 is 1.38 bits per heavy atom. The molecule has 3 aromatic rings. The first-order valence-corrected chi connectivity index (χ1v) is 8.76. The van der Waals surface area contributed by atoms with Gasteiger partial charge in [0, 0.05) is 0 Å². The summed E-state index contributed by atoms with van der Waals surface area (Å²) in [6, 6.07) is 7.95. The maximum Gasteiger partial charge on any atom is 0.280 e. The number of fused-ring (bicyclic) bond motifs is 1. The molecule has 0 unspecified atom stereocenters. The van der Waals surface area contributed by atoms with E-state index >= 15 is 0 Å². The second kappa shape index (κ2) is 6.46. The van der Waals surface area contributed by atoms with E-state index in [1.165, 1.54) is 12.1 Å². The summed E-state index contributed by atoms with van der Waals surface area (Å²) in [5.74, 6) is -0.942. The van der Waals surface area contributed by atoms with Crippen molar-refractivity contribution in [2.45, 2.75) is 30.5 Å². The van der Waals surface area contributed by atoms with Gasteiger partial charge >= 0.3 is 0 Å². The van der Waals surface area contributed by atoms with Gasteiger partial charge < -0.3 is 25.8 Å². The van der Waals surface area contributed by atoms with Crippen molar-refractivity contribution < 1.29 is 24.9 Å². The third-order valence-electron chi connectivity index (χ3n) is 5.25. The second-order valence-corrected chi connectivity index (χ2v) is 6.85. The molecule has 4 atom stereocenters. The molecule has 1 aliphatic rings. The highest BCUT2D eigenvalue weighted by Crippen LogP contribution is 2.51. The van der Waals surface area contributed by atoms with E-state index in [-0.39, 0.29) is 22.7 Å². The highest BCUT2D eigenvalue weighted by atomic mass is 16.6. The summed E-state index contributed by atoms with van der Waals surface area (Å²) in [4.78, 5) is 35.5. The molecule has 1 aromatic carbocycles. The number of aliphatic hydroxyl groups is 3. The normalized spacial score (nSPS) is 29.4. The Kier molecular flexibility index (Phi) is 4.28. The number of carbonyl (C=O) groups is 1. The van der Waals surface area contributed by atoms with Gasteiger partial charge in [0.15, 0.2) is 22.5 Å². The van der Waals surface area contributed by atoms with Gasteiger partial charge in [-0.25, -0.2) is 4.98 Å². The number of nitrogens with one attached hydrogen (secondary N) is 1. The van der Waals surface area contributed by atoms with Gasteiger partial charge in [0.05, 0.1) is 6.61 Å². The van der Waals surface area contributed by atoms with Crippen LogP contribution in [0.25, 0.3) is 11.2 Å². The van der Waals surface area contributed by atoms with E-state index in [1.54, 1.807) is 18.2 Å². The molecule has 0 amide bonds. The van der Waals surface area contributed by atoms with Crippen molar-refractivity contribution in [2.75, 3.05) is 12.3 Å². The first-order chi connectivity index (χ1) is 13.8. The van der Waals surface area contributed by atoms with Crippen LogP contribution in [0.2, 0.25) is 0 Å². The van der Waals surface area contributed by atoms with Gasteiger partial charge in [-0.3, -0.25) is 19.1 Å². The predicted octanol–water partition coefficient (Wildman–Crippen LogP) is -1.42.